The quantitative estimate of drug-likeness (QED) is 0.622. The van der Waals surface area contributed by atoms with E-state index in [1.54, 1.807) is 0 Å². The molecule has 0 aliphatic heterocycles. The number of hydrogen-bond donors (Lipinski definition) is 1. The van der Waals surface area contributed by atoms with Crippen LogP contribution in [-0.2, 0) is 0 Å². The van der Waals surface area contributed by atoms with Crippen molar-refractivity contribution in [1.29, 1.82) is 0 Å². The molecular formula is C8H11ClS. The number of rotatable bonds is 1. The third-order valence-corrected chi connectivity index (χ3v) is 2.93. The second kappa shape index (κ2) is 3.31. The van der Waals surface area contributed by atoms with E-state index < -0.39 is 0 Å². The van der Waals surface area contributed by atoms with Crippen molar-refractivity contribution in [3.05, 3.63) is 29.3 Å². The van der Waals surface area contributed by atoms with Gasteiger partial charge in [-0.25, -0.2) is 10.9 Å². The second-order valence-electron chi connectivity index (χ2n) is 2.37. The van der Waals surface area contributed by atoms with Crippen LogP contribution in [0.4, 0.5) is 0 Å². The highest BCUT2D eigenvalue weighted by molar-refractivity contribution is 8.15. The Morgan fingerprint density at radius 2 is 1.60 bits per heavy atom. The summed E-state index contributed by atoms with van der Waals surface area (Å²) in [5, 5.41) is 0.820. The van der Waals surface area contributed by atoms with Crippen LogP contribution in [0.5, 0.6) is 0 Å². The summed E-state index contributed by atoms with van der Waals surface area (Å²) in [6.45, 7) is 0. The first kappa shape index (κ1) is 7.96. The Kier molecular flexibility index (Phi) is 2.64. The van der Waals surface area contributed by atoms with Crippen LogP contribution in [0, 0.1) is 0 Å². The highest BCUT2D eigenvalue weighted by Crippen LogP contribution is 2.28. The molecule has 0 saturated carbocycles. The Labute approximate surface area is 69.6 Å². The van der Waals surface area contributed by atoms with Crippen LogP contribution in [0.25, 0.3) is 0 Å². The van der Waals surface area contributed by atoms with Crippen LogP contribution >= 0.6 is 22.5 Å². The molecule has 1 aromatic rings. The molecule has 10 heavy (non-hydrogen) atoms. The number of benzene rings is 1. The molecule has 56 valence electrons. The summed E-state index contributed by atoms with van der Waals surface area (Å²) in [5.41, 5.74) is 0. The Bertz CT molecular complexity index is 203. The molecule has 1 aromatic carbocycles. The Balaban J connectivity index is 2.89. The van der Waals surface area contributed by atoms with Crippen molar-refractivity contribution in [2.45, 2.75) is 4.90 Å². The first-order valence-electron chi connectivity index (χ1n) is 3.13. The third kappa shape index (κ3) is 1.93. The maximum atomic E-state index is 5.72. The minimum absolute atomic E-state index is 0.0334. The lowest BCUT2D eigenvalue weighted by Gasteiger charge is -2.07. The molecule has 0 N–H and O–H groups in total. The number of halogens is 1. The smallest absolute Gasteiger partial charge is 0.0406 e. The van der Waals surface area contributed by atoms with Gasteiger partial charge >= 0.3 is 0 Å². The fraction of sp³-hybridized carbons (Fsp3) is 0.250. The summed E-state index contributed by atoms with van der Waals surface area (Å²) in [5.74, 6) is 0. The Morgan fingerprint density at radius 1 is 1.10 bits per heavy atom. The maximum absolute atomic E-state index is 5.72. The Morgan fingerprint density at radius 3 is 2.00 bits per heavy atom. The lowest BCUT2D eigenvalue weighted by molar-refractivity contribution is 1.46. The first-order chi connectivity index (χ1) is 4.70. The van der Waals surface area contributed by atoms with E-state index in [1.165, 1.54) is 4.90 Å². The van der Waals surface area contributed by atoms with Crippen LogP contribution in [0.1, 0.15) is 0 Å². The maximum Gasteiger partial charge on any atom is 0.0406 e. The van der Waals surface area contributed by atoms with Gasteiger partial charge < -0.3 is 0 Å². The molecule has 0 unspecified atom stereocenters. The van der Waals surface area contributed by atoms with E-state index in [0.717, 1.165) is 5.02 Å². The van der Waals surface area contributed by atoms with Crippen molar-refractivity contribution in [2.75, 3.05) is 12.5 Å². The summed E-state index contributed by atoms with van der Waals surface area (Å²) in [7, 11) is 0.0334. The average molecular weight is 175 g/mol. The van der Waals surface area contributed by atoms with E-state index in [1.807, 2.05) is 12.1 Å². The highest BCUT2D eigenvalue weighted by atomic mass is 35.5. The number of thiol groups is 1. The van der Waals surface area contributed by atoms with E-state index in [0.29, 0.717) is 0 Å². The van der Waals surface area contributed by atoms with Crippen molar-refractivity contribution in [1.82, 2.24) is 0 Å². The molecule has 0 fully saturated rings. The van der Waals surface area contributed by atoms with Gasteiger partial charge in [-0.3, -0.25) is 0 Å². The zero-order chi connectivity index (χ0) is 7.56. The predicted molar refractivity (Wildman–Crippen MR) is 50.6 cm³/mol. The lowest BCUT2D eigenvalue weighted by Crippen LogP contribution is -1.75. The molecule has 0 spiro atoms. The van der Waals surface area contributed by atoms with Crippen molar-refractivity contribution >= 4 is 22.5 Å². The molecule has 0 aliphatic rings. The third-order valence-electron chi connectivity index (χ3n) is 1.34. The van der Waals surface area contributed by atoms with E-state index in [4.69, 9.17) is 11.6 Å². The van der Waals surface area contributed by atoms with Gasteiger partial charge in [0.2, 0.25) is 0 Å². The molecule has 0 aliphatic carbocycles. The van der Waals surface area contributed by atoms with E-state index >= 15 is 0 Å². The summed E-state index contributed by atoms with van der Waals surface area (Å²) in [6, 6.07) is 8.07. The normalized spacial score (nSPS) is 11.3. The molecule has 0 amide bonds. The van der Waals surface area contributed by atoms with Crippen LogP contribution < -0.4 is 0 Å². The topological polar surface area (TPSA) is 0 Å². The van der Waals surface area contributed by atoms with Gasteiger partial charge in [0.25, 0.3) is 0 Å². The molecule has 0 heterocycles. The standard InChI is InChI=1S/C8H11ClS/c1-10(2)8-5-3-7(9)4-6-8/h3-6,10H,1-2H3. The first-order valence-corrected chi connectivity index (χ1v) is 5.74. The van der Waals surface area contributed by atoms with Crippen LogP contribution in [0.15, 0.2) is 29.2 Å². The summed E-state index contributed by atoms with van der Waals surface area (Å²) in [4.78, 5) is 1.40. The molecule has 2 heteroatoms. The van der Waals surface area contributed by atoms with E-state index in [2.05, 4.69) is 24.6 Å². The van der Waals surface area contributed by atoms with Crippen LogP contribution in [-0.4, -0.2) is 12.5 Å². The summed E-state index contributed by atoms with van der Waals surface area (Å²) >= 11 is 5.72. The SMILES string of the molecule is C[SH](C)c1ccc(Cl)cc1. The van der Waals surface area contributed by atoms with Crippen LogP contribution in [0.2, 0.25) is 5.02 Å². The van der Waals surface area contributed by atoms with Gasteiger partial charge in [-0.1, -0.05) is 11.6 Å². The molecule has 0 bridgehead atoms. The summed E-state index contributed by atoms with van der Waals surface area (Å²) < 4.78 is 0. The van der Waals surface area contributed by atoms with Gasteiger partial charge in [0, 0.05) is 5.02 Å². The zero-order valence-electron chi connectivity index (χ0n) is 6.13. The van der Waals surface area contributed by atoms with Crippen molar-refractivity contribution in [3.63, 3.8) is 0 Å². The average Bonchev–Trinajstić information content (AvgIpc) is 1.88. The molecule has 0 saturated heterocycles. The van der Waals surface area contributed by atoms with Gasteiger partial charge in [0.15, 0.2) is 0 Å². The summed E-state index contributed by atoms with van der Waals surface area (Å²) in [6.07, 6.45) is 4.47. The highest BCUT2D eigenvalue weighted by Gasteiger charge is 1.92. The van der Waals surface area contributed by atoms with E-state index in [9.17, 15) is 0 Å². The Hall–Kier alpha value is -0.140. The molecule has 1 rings (SSSR count). The lowest BCUT2D eigenvalue weighted by atomic mass is 10.4. The minimum atomic E-state index is 0.0334. The molecule has 0 atom stereocenters. The molecular weight excluding hydrogens is 164 g/mol. The molecule has 0 nitrogen and oxygen atoms in total. The largest absolute Gasteiger partial charge is 0.233 e. The van der Waals surface area contributed by atoms with Gasteiger partial charge in [0.1, 0.15) is 0 Å². The fourth-order valence-electron chi connectivity index (χ4n) is 0.739. The van der Waals surface area contributed by atoms with Gasteiger partial charge in [0.05, 0.1) is 0 Å². The van der Waals surface area contributed by atoms with Crippen LogP contribution in [0.3, 0.4) is 0 Å². The van der Waals surface area contributed by atoms with Crippen molar-refractivity contribution in [2.24, 2.45) is 0 Å². The van der Waals surface area contributed by atoms with Gasteiger partial charge in [-0.2, -0.15) is 0 Å². The van der Waals surface area contributed by atoms with Gasteiger partial charge in [-0.15, -0.1) is 0 Å². The molecule has 0 radical (unpaired) electrons. The fourth-order valence-corrected chi connectivity index (χ4v) is 1.61. The predicted octanol–water partition coefficient (Wildman–Crippen LogP) is 2.96. The van der Waals surface area contributed by atoms with Gasteiger partial charge in [-0.05, 0) is 41.7 Å². The van der Waals surface area contributed by atoms with Crippen molar-refractivity contribution < 1.29 is 0 Å². The number of hydrogen-bond acceptors (Lipinski definition) is 0. The van der Waals surface area contributed by atoms with E-state index in [-0.39, 0.29) is 10.9 Å². The van der Waals surface area contributed by atoms with Crippen molar-refractivity contribution in [3.8, 4) is 0 Å². The zero-order valence-corrected chi connectivity index (χ0v) is 7.78. The minimum Gasteiger partial charge on any atom is -0.233 e. The monoisotopic (exact) mass is 174 g/mol. The molecule has 0 aromatic heterocycles. The second-order valence-corrected chi connectivity index (χ2v) is 5.11.